The highest BCUT2D eigenvalue weighted by Gasteiger charge is 2.18. The molecule has 2 nitrogen and oxygen atoms in total. The van der Waals surface area contributed by atoms with Crippen molar-refractivity contribution in [2.45, 2.75) is 33.6 Å². The molecule has 1 N–H and O–H groups in total. The molecule has 0 spiro atoms. The van der Waals surface area contributed by atoms with Gasteiger partial charge in [-0.1, -0.05) is 45.7 Å². The molecular formula is C15H21Br2NO. The van der Waals surface area contributed by atoms with Gasteiger partial charge in [0.15, 0.2) is 0 Å². The summed E-state index contributed by atoms with van der Waals surface area (Å²) in [4.78, 5) is 12.1. The third-order valence-corrected chi connectivity index (χ3v) is 4.04. The molecule has 1 aromatic carbocycles. The Morgan fingerprint density at radius 1 is 1.32 bits per heavy atom. The molecule has 1 amide bonds. The van der Waals surface area contributed by atoms with Crippen LogP contribution in [0.5, 0.6) is 0 Å². The molecule has 0 aliphatic heterocycles. The first-order valence-electron chi connectivity index (χ1n) is 6.45. The third-order valence-electron chi connectivity index (χ3n) is 3.02. The van der Waals surface area contributed by atoms with Gasteiger partial charge in [0.25, 0.3) is 5.91 Å². The van der Waals surface area contributed by atoms with Crippen molar-refractivity contribution in [2.24, 2.45) is 5.41 Å². The number of rotatable bonds is 6. The van der Waals surface area contributed by atoms with Gasteiger partial charge in [-0.2, -0.15) is 0 Å². The Morgan fingerprint density at radius 3 is 2.58 bits per heavy atom. The first-order valence-corrected chi connectivity index (χ1v) is 8.37. The second-order valence-corrected chi connectivity index (χ2v) is 7.37. The molecule has 0 aliphatic rings. The molecule has 0 saturated heterocycles. The number of nitrogens with one attached hydrogen (secondary N) is 1. The van der Waals surface area contributed by atoms with Crippen molar-refractivity contribution in [3.63, 3.8) is 0 Å². The standard InChI is InChI=1S/C15H21Br2NO/c1-11-7-12(9-13(17)8-11)14(19)18-10-15(2,3)5-4-6-16/h7-9H,4-6,10H2,1-3H3,(H,18,19). The largest absolute Gasteiger partial charge is 0.352 e. The molecule has 0 fully saturated rings. The van der Waals surface area contributed by atoms with Crippen LogP contribution in [0.1, 0.15) is 42.6 Å². The number of alkyl halides is 1. The van der Waals surface area contributed by atoms with Crippen LogP contribution in [0.4, 0.5) is 0 Å². The van der Waals surface area contributed by atoms with Gasteiger partial charge in [-0.05, 0) is 48.9 Å². The summed E-state index contributed by atoms with van der Waals surface area (Å²) in [6, 6.07) is 5.76. The van der Waals surface area contributed by atoms with Crippen LogP contribution in [0, 0.1) is 12.3 Å². The number of carbonyl (C=O) groups is 1. The lowest BCUT2D eigenvalue weighted by Gasteiger charge is -2.24. The lowest BCUT2D eigenvalue weighted by molar-refractivity contribution is 0.0934. The van der Waals surface area contributed by atoms with E-state index in [0.717, 1.165) is 28.2 Å². The predicted octanol–water partition coefficient (Wildman–Crippen LogP) is 4.69. The minimum Gasteiger partial charge on any atom is -0.352 e. The summed E-state index contributed by atoms with van der Waals surface area (Å²) in [5, 5.41) is 4.04. The summed E-state index contributed by atoms with van der Waals surface area (Å²) >= 11 is 6.86. The topological polar surface area (TPSA) is 29.1 Å². The van der Waals surface area contributed by atoms with Crippen LogP contribution >= 0.6 is 31.9 Å². The molecular weight excluding hydrogens is 370 g/mol. The molecule has 0 heterocycles. The van der Waals surface area contributed by atoms with Crippen LogP contribution in [0.15, 0.2) is 22.7 Å². The zero-order valence-electron chi connectivity index (χ0n) is 11.7. The van der Waals surface area contributed by atoms with E-state index in [-0.39, 0.29) is 11.3 Å². The van der Waals surface area contributed by atoms with E-state index in [0.29, 0.717) is 12.1 Å². The van der Waals surface area contributed by atoms with Gasteiger partial charge in [-0.3, -0.25) is 4.79 Å². The van der Waals surface area contributed by atoms with Gasteiger partial charge in [-0.25, -0.2) is 0 Å². The van der Waals surface area contributed by atoms with Crippen LogP contribution in [0.25, 0.3) is 0 Å². The van der Waals surface area contributed by atoms with Gasteiger partial charge >= 0.3 is 0 Å². The molecule has 1 rings (SSSR count). The summed E-state index contributed by atoms with van der Waals surface area (Å²) in [6.45, 7) is 7.05. The monoisotopic (exact) mass is 389 g/mol. The van der Waals surface area contributed by atoms with Gasteiger partial charge in [0.1, 0.15) is 0 Å². The number of benzene rings is 1. The van der Waals surface area contributed by atoms with Gasteiger partial charge in [0.2, 0.25) is 0 Å². The SMILES string of the molecule is Cc1cc(Br)cc(C(=O)NCC(C)(C)CCCBr)c1. The van der Waals surface area contributed by atoms with Gasteiger partial charge in [0, 0.05) is 21.9 Å². The molecule has 0 saturated carbocycles. The molecule has 0 aromatic heterocycles. The summed E-state index contributed by atoms with van der Waals surface area (Å²) in [7, 11) is 0. The summed E-state index contributed by atoms with van der Waals surface area (Å²) < 4.78 is 0.941. The molecule has 106 valence electrons. The fourth-order valence-electron chi connectivity index (χ4n) is 1.92. The maximum atomic E-state index is 12.1. The van der Waals surface area contributed by atoms with Crippen LogP contribution in [-0.4, -0.2) is 17.8 Å². The second-order valence-electron chi connectivity index (χ2n) is 5.66. The Kier molecular flexibility index (Phi) is 6.54. The highest BCUT2D eigenvalue weighted by molar-refractivity contribution is 9.10. The zero-order chi connectivity index (χ0) is 14.5. The zero-order valence-corrected chi connectivity index (χ0v) is 14.9. The van der Waals surface area contributed by atoms with Crippen LogP contribution in [0.2, 0.25) is 0 Å². The van der Waals surface area contributed by atoms with E-state index in [1.165, 1.54) is 0 Å². The molecule has 19 heavy (non-hydrogen) atoms. The Hall–Kier alpha value is -0.350. The van der Waals surface area contributed by atoms with Crippen LogP contribution in [0.3, 0.4) is 0 Å². The number of halogens is 2. The van der Waals surface area contributed by atoms with E-state index in [9.17, 15) is 4.79 Å². The van der Waals surface area contributed by atoms with Gasteiger partial charge in [-0.15, -0.1) is 0 Å². The first-order chi connectivity index (χ1) is 8.84. The molecule has 0 radical (unpaired) electrons. The van der Waals surface area contributed by atoms with Crippen molar-refractivity contribution in [1.29, 1.82) is 0 Å². The van der Waals surface area contributed by atoms with Crippen molar-refractivity contribution in [2.75, 3.05) is 11.9 Å². The van der Waals surface area contributed by atoms with E-state index in [2.05, 4.69) is 51.0 Å². The van der Waals surface area contributed by atoms with E-state index in [4.69, 9.17) is 0 Å². The van der Waals surface area contributed by atoms with Crippen molar-refractivity contribution >= 4 is 37.8 Å². The summed E-state index contributed by atoms with van der Waals surface area (Å²) in [5.74, 6) is -0.00341. The average molecular weight is 391 g/mol. The number of carbonyl (C=O) groups excluding carboxylic acids is 1. The van der Waals surface area contributed by atoms with Crippen molar-refractivity contribution in [3.05, 3.63) is 33.8 Å². The maximum absolute atomic E-state index is 12.1. The van der Waals surface area contributed by atoms with E-state index >= 15 is 0 Å². The number of amides is 1. The number of hydrogen-bond donors (Lipinski definition) is 1. The molecule has 0 unspecified atom stereocenters. The van der Waals surface area contributed by atoms with Crippen molar-refractivity contribution < 1.29 is 4.79 Å². The molecule has 0 atom stereocenters. The minimum absolute atomic E-state index is 0.00341. The first kappa shape index (κ1) is 16.7. The quantitative estimate of drug-likeness (QED) is 0.701. The Balaban J connectivity index is 2.60. The minimum atomic E-state index is -0.00341. The Labute approximate surface area is 132 Å². The molecule has 0 aliphatic carbocycles. The smallest absolute Gasteiger partial charge is 0.251 e. The normalized spacial score (nSPS) is 11.4. The third kappa shape index (κ3) is 6.09. The molecule has 4 heteroatoms. The van der Waals surface area contributed by atoms with Gasteiger partial charge in [0.05, 0.1) is 0 Å². The highest BCUT2D eigenvalue weighted by atomic mass is 79.9. The summed E-state index contributed by atoms with van der Waals surface area (Å²) in [5.41, 5.74) is 1.92. The van der Waals surface area contributed by atoms with Crippen molar-refractivity contribution in [1.82, 2.24) is 5.32 Å². The lowest BCUT2D eigenvalue weighted by atomic mass is 9.88. The average Bonchev–Trinajstić information content (AvgIpc) is 2.32. The van der Waals surface area contributed by atoms with Crippen LogP contribution in [-0.2, 0) is 0 Å². The molecule has 0 bridgehead atoms. The van der Waals surface area contributed by atoms with Crippen molar-refractivity contribution in [3.8, 4) is 0 Å². The van der Waals surface area contributed by atoms with Crippen LogP contribution < -0.4 is 5.32 Å². The highest BCUT2D eigenvalue weighted by Crippen LogP contribution is 2.22. The second kappa shape index (κ2) is 7.44. The fraction of sp³-hybridized carbons (Fsp3) is 0.533. The lowest BCUT2D eigenvalue weighted by Crippen LogP contribution is -2.34. The number of hydrogen-bond acceptors (Lipinski definition) is 1. The van der Waals surface area contributed by atoms with Gasteiger partial charge < -0.3 is 5.32 Å². The van der Waals surface area contributed by atoms with E-state index in [1.54, 1.807) is 0 Å². The fourth-order valence-corrected chi connectivity index (χ4v) is 2.81. The predicted molar refractivity (Wildman–Crippen MR) is 88.0 cm³/mol. The summed E-state index contributed by atoms with van der Waals surface area (Å²) in [6.07, 6.45) is 2.22. The molecule has 1 aromatic rings. The maximum Gasteiger partial charge on any atom is 0.251 e. The Bertz CT molecular complexity index is 424. The Morgan fingerprint density at radius 2 is 2.00 bits per heavy atom. The van der Waals surface area contributed by atoms with E-state index in [1.807, 2.05) is 25.1 Å². The van der Waals surface area contributed by atoms with E-state index < -0.39 is 0 Å². The number of aryl methyl sites for hydroxylation is 1.